The van der Waals surface area contributed by atoms with E-state index in [-0.39, 0.29) is 12.6 Å². The van der Waals surface area contributed by atoms with Crippen LogP contribution in [0.25, 0.3) is 11.1 Å². The normalized spacial score (nSPS) is 10.4. The quantitative estimate of drug-likeness (QED) is 0.398. The van der Waals surface area contributed by atoms with Gasteiger partial charge in [0.2, 0.25) is 5.95 Å². The number of pyridine rings is 2. The average molecular weight is 428 g/mol. The summed E-state index contributed by atoms with van der Waals surface area (Å²) in [5, 5.41) is 5.55. The van der Waals surface area contributed by atoms with Crippen molar-refractivity contribution in [2.45, 2.75) is 13.2 Å². The molecule has 0 unspecified atom stereocenters. The largest absolute Gasteiger partial charge is 0.489 e. The first-order chi connectivity index (χ1) is 15.7. The van der Waals surface area contributed by atoms with Gasteiger partial charge in [0.15, 0.2) is 0 Å². The molecule has 0 spiro atoms. The van der Waals surface area contributed by atoms with Gasteiger partial charge >= 0.3 is 6.03 Å². The van der Waals surface area contributed by atoms with Crippen LogP contribution in [-0.2, 0) is 13.2 Å². The summed E-state index contributed by atoms with van der Waals surface area (Å²) < 4.78 is 20.0. The smallest absolute Gasteiger partial charge is 0.319 e. The zero-order chi connectivity index (χ0) is 22.2. The Balaban J connectivity index is 1.34. The Labute approximate surface area is 185 Å². The van der Waals surface area contributed by atoms with E-state index in [4.69, 9.17) is 4.74 Å². The molecule has 4 rings (SSSR count). The molecule has 0 atom stereocenters. The van der Waals surface area contributed by atoms with Gasteiger partial charge in [-0.25, -0.2) is 9.78 Å². The Morgan fingerprint density at radius 2 is 1.69 bits per heavy atom. The number of aromatic nitrogens is 2. The zero-order valence-corrected chi connectivity index (χ0v) is 17.2. The Morgan fingerprint density at radius 3 is 2.47 bits per heavy atom. The molecular weight excluding hydrogens is 407 g/mol. The van der Waals surface area contributed by atoms with Gasteiger partial charge in [0.1, 0.15) is 12.4 Å². The summed E-state index contributed by atoms with van der Waals surface area (Å²) in [7, 11) is 0. The van der Waals surface area contributed by atoms with E-state index in [0.29, 0.717) is 23.5 Å². The number of ether oxygens (including phenoxy) is 1. The van der Waals surface area contributed by atoms with Gasteiger partial charge in [-0.1, -0.05) is 30.3 Å². The van der Waals surface area contributed by atoms with Crippen LogP contribution in [0.4, 0.5) is 14.9 Å². The van der Waals surface area contributed by atoms with E-state index in [1.54, 1.807) is 48.8 Å². The SMILES string of the molecule is O=C(NCc1cccnc1)Nc1ccc(OCc2ccccc2-c2cccnc2F)cc1. The predicted molar refractivity (Wildman–Crippen MR) is 121 cm³/mol. The number of benzene rings is 2. The second-order valence-corrected chi connectivity index (χ2v) is 6.98. The van der Waals surface area contributed by atoms with Crippen LogP contribution in [-0.4, -0.2) is 16.0 Å². The number of carbonyl (C=O) groups excluding carboxylic acids is 1. The molecule has 0 saturated carbocycles. The number of anilines is 1. The number of rotatable bonds is 7. The average Bonchev–Trinajstić information content (AvgIpc) is 2.84. The second kappa shape index (κ2) is 10.2. The van der Waals surface area contributed by atoms with Gasteiger partial charge < -0.3 is 15.4 Å². The van der Waals surface area contributed by atoms with Crippen molar-refractivity contribution < 1.29 is 13.9 Å². The number of nitrogens with one attached hydrogen (secondary N) is 2. The number of urea groups is 1. The van der Waals surface area contributed by atoms with Gasteiger partial charge in [-0.05, 0) is 59.2 Å². The first kappa shape index (κ1) is 21.0. The maximum Gasteiger partial charge on any atom is 0.319 e. The van der Waals surface area contributed by atoms with Crippen molar-refractivity contribution in [2.75, 3.05) is 5.32 Å². The van der Waals surface area contributed by atoms with Crippen LogP contribution in [0.1, 0.15) is 11.1 Å². The minimum atomic E-state index is -0.516. The standard InChI is InChI=1S/C25H21FN4O2/c26-24-23(8-4-14-28-24)22-7-2-1-6-19(22)17-32-21-11-9-20(10-12-21)30-25(31)29-16-18-5-3-13-27-15-18/h1-15H,16-17H2,(H2,29,30,31). The van der Waals surface area contributed by atoms with E-state index in [2.05, 4.69) is 20.6 Å². The fraction of sp³-hybridized carbons (Fsp3) is 0.0800. The summed E-state index contributed by atoms with van der Waals surface area (Å²) in [6.07, 6.45) is 4.81. The number of amides is 2. The summed E-state index contributed by atoms with van der Waals surface area (Å²) in [5.74, 6) is 0.116. The van der Waals surface area contributed by atoms with Crippen molar-refractivity contribution in [2.24, 2.45) is 0 Å². The van der Waals surface area contributed by atoms with Gasteiger partial charge in [-0.2, -0.15) is 4.39 Å². The highest BCUT2D eigenvalue weighted by Crippen LogP contribution is 2.26. The first-order valence-electron chi connectivity index (χ1n) is 10.0. The molecule has 4 aromatic rings. The maximum absolute atomic E-state index is 14.1. The monoisotopic (exact) mass is 428 g/mol. The van der Waals surface area contributed by atoms with Crippen LogP contribution in [0.3, 0.4) is 0 Å². The molecule has 160 valence electrons. The Morgan fingerprint density at radius 1 is 0.906 bits per heavy atom. The highest BCUT2D eigenvalue weighted by atomic mass is 19.1. The highest BCUT2D eigenvalue weighted by Gasteiger charge is 2.10. The molecule has 6 nitrogen and oxygen atoms in total. The molecule has 0 fully saturated rings. The van der Waals surface area contributed by atoms with Crippen molar-refractivity contribution >= 4 is 11.7 Å². The minimum Gasteiger partial charge on any atom is -0.489 e. The molecule has 2 aromatic carbocycles. The van der Waals surface area contributed by atoms with E-state index >= 15 is 0 Å². The Kier molecular flexibility index (Phi) is 6.67. The predicted octanol–water partition coefficient (Wildman–Crippen LogP) is 5.18. The fourth-order valence-electron chi connectivity index (χ4n) is 3.15. The van der Waals surface area contributed by atoms with E-state index < -0.39 is 5.95 Å². The Hall–Kier alpha value is -4.26. The van der Waals surface area contributed by atoms with Gasteiger partial charge in [0, 0.05) is 36.4 Å². The van der Waals surface area contributed by atoms with Crippen molar-refractivity contribution in [3.05, 3.63) is 108 Å². The summed E-state index contributed by atoms with van der Waals surface area (Å²) in [6.45, 7) is 0.653. The van der Waals surface area contributed by atoms with E-state index in [1.807, 2.05) is 36.4 Å². The van der Waals surface area contributed by atoms with Gasteiger partial charge in [-0.3, -0.25) is 4.98 Å². The lowest BCUT2D eigenvalue weighted by Crippen LogP contribution is -2.28. The van der Waals surface area contributed by atoms with Crippen LogP contribution in [0, 0.1) is 5.95 Å². The third-order valence-electron chi connectivity index (χ3n) is 4.75. The molecule has 0 aliphatic carbocycles. The maximum atomic E-state index is 14.1. The lowest BCUT2D eigenvalue weighted by molar-refractivity contribution is 0.251. The lowest BCUT2D eigenvalue weighted by Gasteiger charge is -2.12. The fourth-order valence-corrected chi connectivity index (χ4v) is 3.15. The van der Waals surface area contributed by atoms with Gasteiger partial charge in [0.25, 0.3) is 0 Å². The molecular formula is C25H21FN4O2. The second-order valence-electron chi connectivity index (χ2n) is 6.98. The number of halogens is 1. The van der Waals surface area contributed by atoms with Crippen LogP contribution < -0.4 is 15.4 Å². The zero-order valence-electron chi connectivity index (χ0n) is 17.2. The summed E-state index contributed by atoms with van der Waals surface area (Å²) in [6, 6.07) is 21.3. The van der Waals surface area contributed by atoms with Gasteiger partial charge in [-0.15, -0.1) is 0 Å². The van der Waals surface area contributed by atoms with Crippen molar-refractivity contribution in [1.29, 1.82) is 0 Å². The molecule has 2 amide bonds. The highest BCUT2D eigenvalue weighted by molar-refractivity contribution is 5.89. The molecule has 2 aromatic heterocycles. The molecule has 0 aliphatic rings. The van der Waals surface area contributed by atoms with Crippen LogP contribution in [0.5, 0.6) is 5.75 Å². The number of carbonyl (C=O) groups is 1. The molecule has 2 N–H and O–H groups in total. The van der Waals surface area contributed by atoms with Crippen LogP contribution >= 0.6 is 0 Å². The van der Waals surface area contributed by atoms with Crippen LogP contribution in [0.2, 0.25) is 0 Å². The molecule has 2 heterocycles. The minimum absolute atomic E-state index is 0.267. The summed E-state index contributed by atoms with van der Waals surface area (Å²) in [4.78, 5) is 19.8. The van der Waals surface area contributed by atoms with Crippen molar-refractivity contribution in [3.8, 4) is 16.9 Å². The molecule has 0 bridgehead atoms. The lowest BCUT2D eigenvalue weighted by atomic mass is 10.0. The number of hydrogen-bond donors (Lipinski definition) is 2. The van der Waals surface area contributed by atoms with Crippen molar-refractivity contribution in [3.63, 3.8) is 0 Å². The summed E-state index contributed by atoms with van der Waals surface area (Å²) in [5.41, 5.74) is 3.57. The van der Waals surface area contributed by atoms with E-state index in [0.717, 1.165) is 16.7 Å². The molecule has 0 aliphatic heterocycles. The van der Waals surface area contributed by atoms with Crippen LogP contribution in [0.15, 0.2) is 91.4 Å². The third-order valence-corrected chi connectivity index (χ3v) is 4.75. The number of nitrogens with zero attached hydrogens (tertiary/aromatic N) is 2. The van der Waals surface area contributed by atoms with Gasteiger partial charge in [0.05, 0.1) is 0 Å². The first-order valence-corrected chi connectivity index (χ1v) is 10.0. The third kappa shape index (κ3) is 5.46. The molecule has 0 saturated heterocycles. The van der Waals surface area contributed by atoms with Crippen molar-refractivity contribution in [1.82, 2.24) is 15.3 Å². The molecule has 7 heteroatoms. The van der Waals surface area contributed by atoms with E-state index in [9.17, 15) is 9.18 Å². The molecule has 32 heavy (non-hydrogen) atoms. The Bertz CT molecular complexity index is 1180. The summed E-state index contributed by atoms with van der Waals surface area (Å²) >= 11 is 0. The topological polar surface area (TPSA) is 76.1 Å². The molecule has 0 radical (unpaired) electrons. The number of hydrogen-bond acceptors (Lipinski definition) is 4. The van der Waals surface area contributed by atoms with E-state index in [1.165, 1.54) is 6.20 Å².